The first-order valence-electron chi connectivity index (χ1n) is 5.70. The van der Waals surface area contributed by atoms with Gasteiger partial charge in [0.1, 0.15) is 10.8 Å². The highest BCUT2D eigenvalue weighted by Gasteiger charge is 2.10. The Kier molecular flexibility index (Phi) is 4.04. The number of phenolic OH excluding ortho intramolecular Hbond substituents is 1. The van der Waals surface area contributed by atoms with Crippen molar-refractivity contribution >= 4 is 17.6 Å². The van der Waals surface area contributed by atoms with Gasteiger partial charge in [0.05, 0.1) is 4.90 Å². The minimum Gasteiger partial charge on any atom is -0.507 e. The molecule has 0 unspecified atom stereocenters. The summed E-state index contributed by atoms with van der Waals surface area (Å²) in [6, 6.07) is 7.48. The number of para-hydroxylation sites is 1. The van der Waals surface area contributed by atoms with Crippen LogP contribution in [0.3, 0.4) is 0 Å². The number of hydrogen-bond acceptors (Lipinski definition) is 5. The van der Waals surface area contributed by atoms with Crippen LogP contribution in [0.5, 0.6) is 5.75 Å². The Morgan fingerprint density at radius 3 is 2.61 bits per heavy atom. The molecule has 0 aliphatic carbocycles. The number of aromatic nitrogens is 2. The molecule has 0 spiro atoms. The lowest BCUT2D eigenvalue weighted by atomic mass is 10.3. The fourth-order valence-electron chi connectivity index (χ4n) is 1.42. The fraction of sp³-hybridized carbons (Fsp3) is 0.231. The van der Waals surface area contributed by atoms with Crippen LogP contribution in [-0.4, -0.2) is 21.1 Å². The molecule has 2 aromatic rings. The van der Waals surface area contributed by atoms with Gasteiger partial charge in [-0.2, -0.15) is 0 Å². The molecule has 0 radical (unpaired) electrons. The molecule has 0 aliphatic rings. The van der Waals surface area contributed by atoms with E-state index in [0.717, 1.165) is 15.7 Å². The smallest absolute Gasteiger partial charge is 0.159 e. The van der Waals surface area contributed by atoms with E-state index < -0.39 is 0 Å². The number of benzene rings is 1. The maximum atomic E-state index is 9.76. The van der Waals surface area contributed by atoms with Gasteiger partial charge in [-0.3, -0.25) is 0 Å². The third-order valence-corrected chi connectivity index (χ3v) is 3.22. The van der Waals surface area contributed by atoms with E-state index in [1.54, 1.807) is 24.5 Å². The lowest BCUT2D eigenvalue weighted by Crippen LogP contribution is -2.12. The first-order valence-corrected chi connectivity index (χ1v) is 6.52. The summed E-state index contributed by atoms with van der Waals surface area (Å²) in [4.78, 5) is 9.33. The van der Waals surface area contributed by atoms with Gasteiger partial charge in [0.25, 0.3) is 0 Å². The molecule has 0 saturated heterocycles. The lowest BCUT2D eigenvalue weighted by Gasteiger charge is -2.12. The van der Waals surface area contributed by atoms with E-state index in [0.29, 0.717) is 0 Å². The second-order valence-corrected chi connectivity index (χ2v) is 5.11. The highest BCUT2D eigenvalue weighted by Crippen LogP contribution is 2.35. The summed E-state index contributed by atoms with van der Waals surface area (Å²) in [6.45, 7) is 4.09. The normalized spacial score (nSPS) is 10.6. The van der Waals surface area contributed by atoms with E-state index in [2.05, 4.69) is 15.3 Å². The van der Waals surface area contributed by atoms with E-state index >= 15 is 0 Å². The molecule has 2 rings (SSSR count). The van der Waals surface area contributed by atoms with E-state index in [1.807, 2.05) is 26.0 Å². The number of nitrogens with zero attached hydrogens (tertiary/aromatic N) is 2. The van der Waals surface area contributed by atoms with Gasteiger partial charge < -0.3 is 10.4 Å². The molecule has 0 bridgehead atoms. The zero-order chi connectivity index (χ0) is 13.0. The zero-order valence-corrected chi connectivity index (χ0v) is 11.1. The molecule has 5 heteroatoms. The first kappa shape index (κ1) is 12.7. The predicted molar refractivity (Wildman–Crippen MR) is 73.0 cm³/mol. The van der Waals surface area contributed by atoms with Gasteiger partial charge >= 0.3 is 0 Å². The highest BCUT2D eigenvalue weighted by atomic mass is 32.2. The molecule has 2 N–H and O–H groups in total. The van der Waals surface area contributed by atoms with Crippen molar-refractivity contribution in [1.82, 2.24) is 9.97 Å². The zero-order valence-electron chi connectivity index (χ0n) is 10.3. The number of rotatable bonds is 4. The highest BCUT2D eigenvalue weighted by molar-refractivity contribution is 7.99. The van der Waals surface area contributed by atoms with Crippen molar-refractivity contribution < 1.29 is 5.11 Å². The van der Waals surface area contributed by atoms with Crippen LogP contribution in [-0.2, 0) is 0 Å². The molecular weight excluding hydrogens is 246 g/mol. The van der Waals surface area contributed by atoms with Crippen molar-refractivity contribution in [2.75, 3.05) is 5.32 Å². The molecule has 1 aromatic carbocycles. The standard InChI is InChI=1S/C13H15N3OS/c1-9(2)16-12-13(15-8-7-14-12)18-11-6-4-3-5-10(11)17/h3-9,17H,1-2H3,(H,14,16). The Labute approximate surface area is 110 Å². The summed E-state index contributed by atoms with van der Waals surface area (Å²) in [6.07, 6.45) is 3.30. The Morgan fingerprint density at radius 2 is 1.89 bits per heavy atom. The van der Waals surface area contributed by atoms with Crippen LogP contribution >= 0.6 is 11.8 Å². The topological polar surface area (TPSA) is 58.0 Å². The van der Waals surface area contributed by atoms with Gasteiger partial charge in [0.15, 0.2) is 5.82 Å². The number of phenols is 1. The van der Waals surface area contributed by atoms with E-state index in [4.69, 9.17) is 0 Å². The van der Waals surface area contributed by atoms with Crippen LogP contribution in [0, 0.1) is 0 Å². The van der Waals surface area contributed by atoms with Crippen molar-refractivity contribution in [1.29, 1.82) is 0 Å². The molecule has 0 saturated carbocycles. The van der Waals surface area contributed by atoms with Gasteiger partial charge in [-0.25, -0.2) is 9.97 Å². The summed E-state index contributed by atoms with van der Waals surface area (Å²) >= 11 is 1.40. The predicted octanol–water partition coefficient (Wildman–Crippen LogP) is 3.15. The molecule has 0 aliphatic heterocycles. The molecule has 94 valence electrons. The Morgan fingerprint density at radius 1 is 1.17 bits per heavy atom. The lowest BCUT2D eigenvalue weighted by molar-refractivity contribution is 0.462. The second-order valence-electron chi connectivity index (χ2n) is 4.08. The van der Waals surface area contributed by atoms with E-state index in [1.165, 1.54) is 11.8 Å². The summed E-state index contributed by atoms with van der Waals surface area (Å²) in [5.41, 5.74) is 0. The van der Waals surface area contributed by atoms with Crippen LogP contribution in [0.4, 0.5) is 5.82 Å². The van der Waals surface area contributed by atoms with Crippen molar-refractivity contribution in [3.8, 4) is 5.75 Å². The number of anilines is 1. The van der Waals surface area contributed by atoms with Crippen molar-refractivity contribution in [3.05, 3.63) is 36.7 Å². The molecule has 4 nitrogen and oxygen atoms in total. The minimum atomic E-state index is 0.253. The van der Waals surface area contributed by atoms with Crippen LogP contribution < -0.4 is 5.32 Å². The Hall–Kier alpha value is -1.75. The molecule has 0 atom stereocenters. The van der Waals surface area contributed by atoms with Crippen molar-refractivity contribution in [2.45, 2.75) is 29.8 Å². The van der Waals surface area contributed by atoms with Gasteiger partial charge in [-0.1, -0.05) is 23.9 Å². The minimum absolute atomic E-state index is 0.253. The Balaban J connectivity index is 2.26. The molecule has 1 aromatic heterocycles. The van der Waals surface area contributed by atoms with Gasteiger partial charge in [-0.15, -0.1) is 0 Å². The summed E-state index contributed by atoms with van der Waals surface area (Å²) < 4.78 is 0. The molecule has 18 heavy (non-hydrogen) atoms. The largest absolute Gasteiger partial charge is 0.507 e. The van der Waals surface area contributed by atoms with Gasteiger partial charge in [-0.05, 0) is 26.0 Å². The van der Waals surface area contributed by atoms with Crippen LogP contribution in [0.1, 0.15) is 13.8 Å². The molecule has 0 amide bonds. The average molecular weight is 261 g/mol. The van der Waals surface area contributed by atoms with Crippen LogP contribution in [0.2, 0.25) is 0 Å². The maximum absolute atomic E-state index is 9.76. The number of hydrogen-bond donors (Lipinski definition) is 2. The summed E-state index contributed by atoms with van der Waals surface area (Å²) in [5, 5.41) is 13.7. The second kappa shape index (κ2) is 5.73. The van der Waals surface area contributed by atoms with Crippen molar-refractivity contribution in [2.24, 2.45) is 0 Å². The van der Waals surface area contributed by atoms with E-state index in [9.17, 15) is 5.11 Å². The third-order valence-electron chi connectivity index (χ3n) is 2.16. The quantitative estimate of drug-likeness (QED) is 0.885. The van der Waals surface area contributed by atoms with E-state index in [-0.39, 0.29) is 11.8 Å². The van der Waals surface area contributed by atoms with Gasteiger partial charge in [0, 0.05) is 18.4 Å². The average Bonchev–Trinajstić information content (AvgIpc) is 2.34. The van der Waals surface area contributed by atoms with Crippen LogP contribution in [0.25, 0.3) is 0 Å². The molecule has 0 fully saturated rings. The molecular formula is C13H15N3OS. The van der Waals surface area contributed by atoms with Gasteiger partial charge in [0.2, 0.25) is 0 Å². The summed E-state index contributed by atoms with van der Waals surface area (Å²) in [5.74, 6) is 0.990. The first-order chi connectivity index (χ1) is 8.66. The SMILES string of the molecule is CC(C)Nc1nccnc1Sc1ccccc1O. The number of aromatic hydroxyl groups is 1. The maximum Gasteiger partial charge on any atom is 0.159 e. The number of nitrogens with one attached hydrogen (secondary N) is 1. The molecule has 1 heterocycles. The van der Waals surface area contributed by atoms with Crippen molar-refractivity contribution in [3.63, 3.8) is 0 Å². The Bertz CT molecular complexity index is 531. The monoisotopic (exact) mass is 261 g/mol. The van der Waals surface area contributed by atoms with Crippen LogP contribution in [0.15, 0.2) is 46.6 Å². The third kappa shape index (κ3) is 3.13. The fourth-order valence-corrected chi connectivity index (χ4v) is 2.27. The summed E-state index contributed by atoms with van der Waals surface area (Å²) in [7, 11) is 0.